The first-order chi connectivity index (χ1) is 19.3. The van der Waals surface area contributed by atoms with Gasteiger partial charge in [0.25, 0.3) is 5.91 Å². The van der Waals surface area contributed by atoms with E-state index in [0.717, 1.165) is 53.3 Å². The molecule has 1 amide bonds. The number of carbonyl (C=O) groups excluding carboxylic acids is 1. The van der Waals surface area contributed by atoms with Crippen molar-refractivity contribution in [1.82, 2.24) is 4.98 Å². The smallest absolute Gasteiger partial charge is 0.255 e. The van der Waals surface area contributed by atoms with Crippen molar-refractivity contribution in [2.24, 2.45) is 10.9 Å². The molecule has 1 aliphatic rings. The zero-order valence-electron chi connectivity index (χ0n) is 23.4. The zero-order valence-corrected chi connectivity index (χ0v) is 23.4. The summed E-state index contributed by atoms with van der Waals surface area (Å²) in [5.41, 5.74) is 4.70. The Labute approximate surface area is 235 Å². The van der Waals surface area contributed by atoms with E-state index >= 15 is 0 Å². The largest absolute Gasteiger partial charge is 0.492 e. The zero-order chi connectivity index (χ0) is 28.5. The Bertz CT molecular complexity index is 1450. The molecule has 0 spiro atoms. The molecule has 3 aromatic rings. The Morgan fingerprint density at radius 3 is 2.88 bits per heavy atom. The van der Waals surface area contributed by atoms with Crippen molar-refractivity contribution in [3.63, 3.8) is 0 Å². The van der Waals surface area contributed by atoms with Gasteiger partial charge >= 0.3 is 0 Å². The molecule has 1 unspecified atom stereocenters. The first kappa shape index (κ1) is 28.5. The minimum atomic E-state index is -0.687. The van der Waals surface area contributed by atoms with E-state index in [1.165, 1.54) is 0 Å². The summed E-state index contributed by atoms with van der Waals surface area (Å²) < 4.78 is 11.6. The number of hydrogen-bond acceptors (Lipinski definition) is 7. The predicted octanol–water partition coefficient (Wildman–Crippen LogP) is 6.01. The van der Waals surface area contributed by atoms with Crippen LogP contribution < -0.4 is 15.4 Å². The van der Waals surface area contributed by atoms with Gasteiger partial charge in [0, 0.05) is 72.5 Å². The number of aryl methyl sites for hydroxylation is 1. The molecule has 2 aromatic carbocycles. The molecule has 0 aliphatic carbocycles. The van der Waals surface area contributed by atoms with E-state index in [-0.39, 0.29) is 5.91 Å². The Hall–Kier alpha value is -4.48. The van der Waals surface area contributed by atoms with Crippen molar-refractivity contribution in [3.05, 3.63) is 89.4 Å². The molecular weight excluding hydrogens is 502 g/mol. The van der Waals surface area contributed by atoms with Crippen LogP contribution in [0.3, 0.4) is 0 Å². The molecular formula is C32H35N5O3. The fraction of sp³-hybridized carbons (Fsp3) is 0.312. The lowest BCUT2D eigenvalue weighted by molar-refractivity contribution is 0.102. The summed E-state index contributed by atoms with van der Waals surface area (Å²) in [4.78, 5) is 21.6. The minimum Gasteiger partial charge on any atom is -0.492 e. The van der Waals surface area contributed by atoms with Gasteiger partial charge in [-0.15, -0.1) is 0 Å². The van der Waals surface area contributed by atoms with Gasteiger partial charge in [-0.3, -0.25) is 14.8 Å². The van der Waals surface area contributed by atoms with Gasteiger partial charge in [0.2, 0.25) is 0 Å². The third kappa shape index (κ3) is 7.13. The van der Waals surface area contributed by atoms with Gasteiger partial charge in [0.15, 0.2) is 0 Å². The average Bonchev–Trinajstić information content (AvgIpc) is 3.49. The number of nitriles is 1. The first-order valence-corrected chi connectivity index (χ1v) is 13.3. The van der Waals surface area contributed by atoms with Crippen LogP contribution >= 0.6 is 0 Å². The molecule has 0 saturated carbocycles. The second-order valence-electron chi connectivity index (χ2n) is 10.3. The molecule has 4 rings (SSSR count). The Morgan fingerprint density at radius 2 is 2.12 bits per heavy atom. The molecule has 40 heavy (non-hydrogen) atoms. The second-order valence-corrected chi connectivity index (χ2v) is 10.3. The van der Waals surface area contributed by atoms with E-state index in [0.29, 0.717) is 23.8 Å². The maximum atomic E-state index is 13.0. The fourth-order valence-corrected chi connectivity index (χ4v) is 4.30. The molecule has 1 aliphatic heterocycles. The van der Waals surface area contributed by atoms with Gasteiger partial charge in [0.1, 0.15) is 5.75 Å². The van der Waals surface area contributed by atoms with E-state index in [2.05, 4.69) is 26.7 Å². The standard InChI is InChI=1S/C32H35N5O3/c1-22-8-9-27(37-31(38)24-6-5-7-26(14-24)32(2,3)21-33)15-29(22)36-17-25(16-34-4)28-18-35-12-10-30(28)40-20-23-11-13-39-19-23/h5-10,12,14-18,23,36H,11,13,19-20H2,1-4H3,(H,37,38)/b25-17+,34-16?. The number of nitrogens with one attached hydrogen (secondary N) is 2. The maximum Gasteiger partial charge on any atom is 0.255 e. The summed E-state index contributed by atoms with van der Waals surface area (Å²) in [5.74, 6) is 0.867. The molecule has 1 atom stereocenters. The van der Waals surface area contributed by atoms with Gasteiger partial charge in [-0.25, -0.2) is 0 Å². The fourth-order valence-electron chi connectivity index (χ4n) is 4.30. The number of pyridine rings is 1. The molecule has 1 saturated heterocycles. The summed E-state index contributed by atoms with van der Waals surface area (Å²) in [6, 6.07) is 17.0. The van der Waals surface area contributed by atoms with Crippen molar-refractivity contribution < 1.29 is 14.3 Å². The normalized spacial score (nSPS) is 15.6. The predicted molar refractivity (Wildman–Crippen MR) is 159 cm³/mol. The van der Waals surface area contributed by atoms with E-state index in [1.807, 2.05) is 57.3 Å². The summed E-state index contributed by atoms with van der Waals surface area (Å²) in [6.07, 6.45) is 8.09. The summed E-state index contributed by atoms with van der Waals surface area (Å²) in [6.45, 7) is 7.73. The number of aliphatic imine (C=N–C) groups is 1. The number of allylic oxidation sites excluding steroid dienone is 1. The van der Waals surface area contributed by atoms with Crippen LogP contribution in [0.2, 0.25) is 0 Å². The van der Waals surface area contributed by atoms with Crippen LogP contribution in [-0.2, 0) is 10.2 Å². The molecule has 206 valence electrons. The van der Waals surface area contributed by atoms with E-state index < -0.39 is 5.41 Å². The number of benzene rings is 2. The van der Waals surface area contributed by atoms with Crippen LogP contribution in [0.15, 0.2) is 72.1 Å². The van der Waals surface area contributed by atoms with Crippen LogP contribution in [0, 0.1) is 24.2 Å². The molecule has 8 nitrogen and oxygen atoms in total. The molecule has 2 heterocycles. The van der Waals surface area contributed by atoms with E-state index in [9.17, 15) is 10.1 Å². The molecule has 0 bridgehead atoms. The van der Waals surface area contributed by atoms with Crippen molar-refractivity contribution in [3.8, 4) is 11.8 Å². The SMILES string of the molecule is CN=C/C(=C\Nc1cc(NC(=O)c2cccc(C(C)(C)C#N)c2)ccc1C)c1cnccc1OCC1CCOC1. The summed E-state index contributed by atoms with van der Waals surface area (Å²) >= 11 is 0. The lowest BCUT2D eigenvalue weighted by Crippen LogP contribution is -2.17. The van der Waals surface area contributed by atoms with Gasteiger partial charge in [-0.05, 0) is 68.7 Å². The summed E-state index contributed by atoms with van der Waals surface area (Å²) in [5, 5.41) is 15.8. The van der Waals surface area contributed by atoms with Crippen molar-refractivity contribution in [2.45, 2.75) is 32.6 Å². The van der Waals surface area contributed by atoms with Crippen LogP contribution in [0.1, 0.15) is 47.3 Å². The number of carbonyl (C=O) groups is 1. The second kappa shape index (κ2) is 13.0. The number of amides is 1. The highest BCUT2D eigenvalue weighted by atomic mass is 16.5. The molecule has 2 N–H and O–H groups in total. The Morgan fingerprint density at radius 1 is 1.27 bits per heavy atom. The van der Waals surface area contributed by atoms with Crippen molar-refractivity contribution in [2.75, 3.05) is 37.5 Å². The van der Waals surface area contributed by atoms with E-state index in [4.69, 9.17) is 9.47 Å². The highest BCUT2D eigenvalue weighted by molar-refractivity contribution is 6.11. The van der Waals surface area contributed by atoms with Crippen LogP contribution in [0.25, 0.3) is 5.57 Å². The average molecular weight is 538 g/mol. The lowest BCUT2D eigenvalue weighted by atomic mass is 9.85. The Balaban J connectivity index is 1.52. The summed E-state index contributed by atoms with van der Waals surface area (Å²) in [7, 11) is 1.72. The quantitative estimate of drug-likeness (QED) is 0.307. The van der Waals surface area contributed by atoms with Crippen LogP contribution in [0.4, 0.5) is 11.4 Å². The molecule has 0 radical (unpaired) electrons. The van der Waals surface area contributed by atoms with Crippen LogP contribution in [0.5, 0.6) is 5.75 Å². The number of rotatable bonds is 10. The van der Waals surface area contributed by atoms with Crippen molar-refractivity contribution >= 4 is 29.1 Å². The third-order valence-electron chi connectivity index (χ3n) is 6.86. The van der Waals surface area contributed by atoms with Gasteiger partial charge in [-0.1, -0.05) is 18.2 Å². The highest BCUT2D eigenvalue weighted by Gasteiger charge is 2.21. The number of hydrogen-bond donors (Lipinski definition) is 2. The minimum absolute atomic E-state index is 0.246. The third-order valence-corrected chi connectivity index (χ3v) is 6.86. The highest BCUT2D eigenvalue weighted by Crippen LogP contribution is 2.28. The monoisotopic (exact) mass is 537 g/mol. The van der Waals surface area contributed by atoms with Crippen molar-refractivity contribution in [1.29, 1.82) is 5.26 Å². The van der Waals surface area contributed by atoms with E-state index in [1.54, 1.807) is 43.9 Å². The number of aromatic nitrogens is 1. The van der Waals surface area contributed by atoms with Gasteiger partial charge in [0.05, 0.1) is 24.7 Å². The number of anilines is 2. The maximum absolute atomic E-state index is 13.0. The lowest BCUT2D eigenvalue weighted by Gasteiger charge is -2.17. The topological polar surface area (TPSA) is 109 Å². The molecule has 8 heteroatoms. The van der Waals surface area contributed by atoms with Gasteiger partial charge in [-0.2, -0.15) is 5.26 Å². The number of ether oxygens (including phenoxy) is 2. The van der Waals surface area contributed by atoms with Crippen LogP contribution in [-0.4, -0.2) is 44.0 Å². The number of nitrogens with zero attached hydrogens (tertiary/aromatic N) is 3. The van der Waals surface area contributed by atoms with Gasteiger partial charge < -0.3 is 20.1 Å². The molecule has 1 fully saturated rings. The molecule has 1 aromatic heterocycles. The Kier molecular flexibility index (Phi) is 9.31. The first-order valence-electron chi connectivity index (χ1n) is 13.3.